The summed E-state index contributed by atoms with van der Waals surface area (Å²) in [6.07, 6.45) is 32.9. The van der Waals surface area contributed by atoms with Crippen LogP contribution in [-0.4, -0.2) is 22.1 Å². The molecule has 0 bridgehead atoms. The van der Waals surface area contributed by atoms with E-state index < -0.39 is 11.6 Å². The molecule has 0 aliphatic rings. The first-order valence-corrected chi connectivity index (χ1v) is 19.4. The minimum absolute atomic E-state index is 0.0971. The lowest BCUT2D eigenvalue weighted by Gasteiger charge is -2.40. The smallest absolute Gasteiger partial charge is 0.236 e. The van der Waals surface area contributed by atoms with Gasteiger partial charge in [0.2, 0.25) is 11.6 Å². The maximum Gasteiger partial charge on any atom is 0.236 e. The molecule has 0 aliphatic carbocycles. The van der Waals surface area contributed by atoms with Crippen LogP contribution in [0.5, 0.6) is 0 Å². The summed E-state index contributed by atoms with van der Waals surface area (Å²) in [7, 11) is 0. The normalized spacial score (nSPS) is 16.1. The summed E-state index contributed by atoms with van der Waals surface area (Å²) < 4.78 is 0. The summed E-state index contributed by atoms with van der Waals surface area (Å²) in [5.74, 6) is -2.78. The van der Waals surface area contributed by atoms with E-state index in [1.54, 1.807) is 0 Å². The second kappa shape index (κ2) is 30.1. The summed E-state index contributed by atoms with van der Waals surface area (Å²) >= 11 is 0. The largest absolute Gasteiger partial charge is 0.249 e. The maximum atomic E-state index is 10.1. The van der Waals surface area contributed by atoms with E-state index in [1.165, 1.54) is 128 Å². The Morgan fingerprint density at radius 1 is 0.386 bits per heavy atom. The average Bonchev–Trinajstić information content (AvgIpc) is 3.05. The lowest BCUT2D eigenvalue weighted by Crippen LogP contribution is -2.48. The van der Waals surface area contributed by atoms with Gasteiger partial charge in [-0.15, -0.1) is 0 Å². The molecule has 0 spiro atoms. The van der Waals surface area contributed by atoms with Crippen LogP contribution in [0.25, 0.3) is 0 Å². The highest BCUT2D eigenvalue weighted by Crippen LogP contribution is 2.38. The highest BCUT2D eigenvalue weighted by atomic mass is 17.3. The summed E-state index contributed by atoms with van der Waals surface area (Å²) in [5.41, 5.74) is 0. The molecule has 0 aromatic carbocycles. The van der Waals surface area contributed by atoms with E-state index in [0.717, 1.165) is 38.5 Å². The van der Waals surface area contributed by atoms with Crippen LogP contribution >= 0.6 is 0 Å². The molecule has 0 aromatic rings. The molecule has 2 N–H and O–H groups in total. The lowest BCUT2D eigenvalue weighted by atomic mass is 9.92. The first-order valence-electron chi connectivity index (χ1n) is 19.4. The molecule has 266 valence electrons. The van der Waals surface area contributed by atoms with Crippen molar-refractivity contribution < 1.29 is 30.1 Å². The SMILES string of the molecule is CCCCCCCCCCCCCCC(OO)(OOC(CCCCCCCCCCCCCC)(OO)C(C)CC)C(C)CC. The van der Waals surface area contributed by atoms with E-state index in [2.05, 4.69) is 27.7 Å². The molecule has 0 heterocycles. The number of hydrogen-bond donors (Lipinski definition) is 2. The van der Waals surface area contributed by atoms with Gasteiger partial charge < -0.3 is 0 Å². The van der Waals surface area contributed by atoms with Crippen molar-refractivity contribution in [2.75, 3.05) is 0 Å². The van der Waals surface area contributed by atoms with Crippen LogP contribution in [0.4, 0.5) is 0 Å². The molecule has 0 saturated heterocycles. The molecule has 0 radical (unpaired) electrons. The van der Waals surface area contributed by atoms with Gasteiger partial charge in [0, 0.05) is 24.7 Å². The van der Waals surface area contributed by atoms with Crippen LogP contribution in [0.1, 0.15) is 221 Å². The minimum atomic E-state index is -1.29. The van der Waals surface area contributed by atoms with E-state index >= 15 is 0 Å². The van der Waals surface area contributed by atoms with Crippen LogP contribution in [-0.2, 0) is 19.6 Å². The molecule has 0 saturated carbocycles. The van der Waals surface area contributed by atoms with Gasteiger partial charge in [0.15, 0.2) is 0 Å². The second-order valence-electron chi connectivity index (χ2n) is 13.9. The van der Waals surface area contributed by atoms with Crippen molar-refractivity contribution in [3.8, 4) is 0 Å². The molecule has 4 unspecified atom stereocenters. The molecular weight excluding hydrogens is 552 g/mol. The second-order valence-corrected chi connectivity index (χ2v) is 13.9. The lowest BCUT2D eigenvalue weighted by molar-refractivity contribution is -0.587. The molecule has 0 aromatic heterocycles. The van der Waals surface area contributed by atoms with Crippen LogP contribution in [0.3, 0.4) is 0 Å². The van der Waals surface area contributed by atoms with Gasteiger partial charge in [-0.25, -0.2) is 20.3 Å². The Bertz CT molecular complexity index is 540. The van der Waals surface area contributed by atoms with E-state index in [9.17, 15) is 10.5 Å². The van der Waals surface area contributed by atoms with Crippen molar-refractivity contribution in [2.24, 2.45) is 11.8 Å². The van der Waals surface area contributed by atoms with E-state index in [1.807, 2.05) is 13.8 Å². The Hall–Kier alpha value is -0.240. The van der Waals surface area contributed by atoms with Crippen LogP contribution < -0.4 is 0 Å². The van der Waals surface area contributed by atoms with Gasteiger partial charge in [-0.2, -0.15) is 9.78 Å². The number of unbranched alkanes of at least 4 members (excludes halogenated alkanes) is 22. The summed E-state index contributed by atoms with van der Waals surface area (Å²) in [5, 5.41) is 20.2. The molecule has 6 heteroatoms. The zero-order chi connectivity index (χ0) is 32.8. The fraction of sp³-hybridized carbons (Fsp3) is 1.00. The van der Waals surface area contributed by atoms with Crippen LogP contribution in [0.2, 0.25) is 0 Å². The zero-order valence-corrected chi connectivity index (χ0v) is 30.5. The Labute approximate surface area is 274 Å². The van der Waals surface area contributed by atoms with Gasteiger partial charge >= 0.3 is 0 Å². The quantitative estimate of drug-likeness (QED) is 0.0314. The van der Waals surface area contributed by atoms with E-state index in [0.29, 0.717) is 12.8 Å². The van der Waals surface area contributed by atoms with Gasteiger partial charge in [-0.1, -0.05) is 183 Å². The van der Waals surface area contributed by atoms with Crippen molar-refractivity contribution in [3.63, 3.8) is 0 Å². The Kier molecular flexibility index (Phi) is 30.0. The number of rotatable bonds is 35. The minimum Gasteiger partial charge on any atom is -0.249 e. The number of hydrogen-bond acceptors (Lipinski definition) is 6. The summed E-state index contributed by atoms with van der Waals surface area (Å²) in [6, 6.07) is 0. The molecule has 0 aliphatic heterocycles. The summed E-state index contributed by atoms with van der Waals surface area (Å²) in [4.78, 5) is 22.2. The summed E-state index contributed by atoms with van der Waals surface area (Å²) in [6.45, 7) is 12.7. The first kappa shape index (κ1) is 43.8. The van der Waals surface area contributed by atoms with Crippen molar-refractivity contribution >= 4 is 0 Å². The Morgan fingerprint density at radius 3 is 0.818 bits per heavy atom. The van der Waals surface area contributed by atoms with Crippen molar-refractivity contribution in [1.29, 1.82) is 0 Å². The molecule has 0 rings (SSSR count). The standard InChI is InChI=1S/C38H78O6/c1-7-11-13-15-17-19-21-23-25-27-29-31-33-37(41-39,35(5)9-3)43-44-38(42-40,36(6)10-4)34-32-30-28-26-24-22-20-18-16-14-12-8-2/h35-36,39-40H,7-34H2,1-6H3. The predicted molar refractivity (Wildman–Crippen MR) is 185 cm³/mol. The van der Waals surface area contributed by atoms with E-state index in [-0.39, 0.29) is 11.8 Å². The molecule has 44 heavy (non-hydrogen) atoms. The van der Waals surface area contributed by atoms with Gasteiger partial charge in [0.1, 0.15) is 0 Å². The van der Waals surface area contributed by atoms with Gasteiger partial charge in [0.25, 0.3) is 0 Å². The van der Waals surface area contributed by atoms with Gasteiger partial charge in [0.05, 0.1) is 0 Å². The molecular formula is C38H78O6. The van der Waals surface area contributed by atoms with Gasteiger partial charge in [-0.3, -0.25) is 0 Å². The molecule has 0 fully saturated rings. The fourth-order valence-corrected chi connectivity index (χ4v) is 6.23. The fourth-order valence-electron chi connectivity index (χ4n) is 6.23. The monoisotopic (exact) mass is 631 g/mol. The van der Waals surface area contributed by atoms with Crippen molar-refractivity contribution in [2.45, 2.75) is 233 Å². The van der Waals surface area contributed by atoms with Gasteiger partial charge in [-0.05, 0) is 25.7 Å². The Morgan fingerprint density at radius 2 is 0.614 bits per heavy atom. The highest BCUT2D eigenvalue weighted by molar-refractivity contribution is 4.77. The van der Waals surface area contributed by atoms with Crippen LogP contribution in [0.15, 0.2) is 0 Å². The van der Waals surface area contributed by atoms with Crippen molar-refractivity contribution in [1.82, 2.24) is 0 Å². The van der Waals surface area contributed by atoms with Crippen LogP contribution in [0, 0.1) is 11.8 Å². The third-order valence-corrected chi connectivity index (χ3v) is 10.1. The maximum absolute atomic E-state index is 10.1. The first-order chi connectivity index (χ1) is 21.4. The predicted octanol–water partition coefficient (Wildman–Crippen LogP) is 13.6. The highest BCUT2D eigenvalue weighted by Gasteiger charge is 2.46. The zero-order valence-electron chi connectivity index (χ0n) is 30.5. The van der Waals surface area contributed by atoms with Crippen molar-refractivity contribution in [3.05, 3.63) is 0 Å². The Balaban J connectivity index is 4.66. The molecule has 6 nitrogen and oxygen atoms in total. The topological polar surface area (TPSA) is 77.4 Å². The third-order valence-electron chi connectivity index (χ3n) is 10.1. The van der Waals surface area contributed by atoms with E-state index in [4.69, 9.17) is 19.6 Å². The third kappa shape index (κ3) is 20.1. The molecule has 0 amide bonds. The average molecular weight is 631 g/mol. The molecule has 4 atom stereocenters.